The number of thiophene rings is 1. The molecule has 1 rings (SSSR count). The first-order valence-corrected chi connectivity index (χ1v) is 6.39. The van der Waals surface area contributed by atoms with E-state index in [2.05, 4.69) is 14.8 Å². The predicted molar refractivity (Wildman–Crippen MR) is 68.4 cm³/mol. The van der Waals surface area contributed by atoms with Crippen LogP contribution in [0.15, 0.2) is 12.1 Å². The van der Waals surface area contributed by atoms with Crippen LogP contribution >= 0.6 is 11.3 Å². The first kappa shape index (κ1) is 14.7. The van der Waals surface area contributed by atoms with Gasteiger partial charge in [-0.1, -0.05) is 0 Å². The van der Waals surface area contributed by atoms with Crippen LogP contribution in [-0.2, 0) is 32.0 Å². The second-order valence-corrected chi connectivity index (χ2v) is 4.88. The Bertz CT molecular complexity index is 403. The molecule has 0 saturated carbocycles. The van der Waals surface area contributed by atoms with Gasteiger partial charge in [-0.2, -0.15) is 0 Å². The summed E-state index contributed by atoms with van der Waals surface area (Å²) in [6.07, 6.45) is 0.667. The minimum Gasteiger partial charge on any atom is -0.469 e. The van der Waals surface area contributed by atoms with Gasteiger partial charge in [-0.3, -0.25) is 9.59 Å². The van der Waals surface area contributed by atoms with Crippen molar-refractivity contribution >= 4 is 23.3 Å². The molecule has 18 heavy (non-hydrogen) atoms. The molecule has 6 heteroatoms. The summed E-state index contributed by atoms with van der Waals surface area (Å²) >= 11 is 1.56. The summed E-state index contributed by atoms with van der Waals surface area (Å²) in [4.78, 5) is 24.0. The summed E-state index contributed by atoms with van der Waals surface area (Å²) in [5, 5.41) is 3.14. The Labute approximate surface area is 110 Å². The number of hydrogen-bond acceptors (Lipinski definition) is 6. The average molecular weight is 271 g/mol. The molecule has 0 fully saturated rings. The topological polar surface area (TPSA) is 64.6 Å². The summed E-state index contributed by atoms with van der Waals surface area (Å²) < 4.78 is 9.14. The van der Waals surface area contributed by atoms with E-state index in [0.29, 0.717) is 25.9 Å². The van der Waals surface area contributed by atoms with Crippen LogP contribution in [0.1, 0.15) is 16.2 Å². The molecule has 0 aliphatic carbocycles. The van der Waals surface area contributed by atoms with E-state index < -0.39 is 0 Å². The van der Waals surface area contributed by atoms with Crippen LogP contribution < -0.4 is 5.32 Å². The molecule has 0 radical (unpaired) electrons. The number of esters is 2. The van der Waals surface area contributed by atoms with E-state index in [4.69, 9.17) is 0 Å². The van der Waals surface area contributed by atoms with Crippen molar-refractivity contribution in [2.75, 3.05) is 20.8 Å². The summed E-state index contributed by atoms with van der Waals surface area (Å²) in [5.74, 6) is -0.456. The summed E-state index contributed by atoms with van der Waals surface area (Å²) in [6.45, 7) is 1.26. The van der Waals surface area contributed by atoms with Crippen LogP contribution in [0.4, 0.5) is 0 Å². The lowest BCUT2D eigenvalue weighted by Crippen LogP contribution is -2.17. The van der Waals surface area contributed by atoms with Crippen molar-refractivity contribution in [2.45, 2.75) is 19.4 Å². The minimum absolute atomic E-state index is 0.222. The molecular formula is C12H17NO4S. The number of hydrogen-bond donors (Lipinski definition) is 1. The Kier molecular flexibility index (Phi) is 6.38. The highest BCUT2D eigenvalue weighted by Crippen LogP contribution is 2.17. The molecule has 0 aliphatic heterocycles. The first-order chi connectivity index (χ1) is 8.65. The van der Waals surface area contributed by atoms with Gasteiger partial charge in [-0.05, 0) is 12.1 Å². The van der Waals surface area contributed by atoms with E-state index in [1.54, 1.807) is 11.3 Å². The maximum Gasteiger partial charge on any atom is 0.310 e. The zero-order valence-corrected chi connectivity index (χ0v) is 11.3. The van der Waals surface area contributed by atoms with Gasteiger partial charge in [0.1, 0.15) is 0 Å². The Balaban J connectivity index is 2.27. The number of carbonyl (C=O) groups excluding carboxylic acids is 2. The third kappa shape index (κ3) is 5.29. The molecule has 0 atom stereocenters. The van der Waals surface area contributed by atoms with E-state index in [9.17, 15) is 9.59 Å². The van der Waals surface area contributed by atoms with E-state index in [0.717, 1.165) is 9.75 Å². The average Bonchev–Trinajstić information content (AvgIpc) is 2.81. The second kappa shape index (κ2) is 7.84. The minimum atomic E-state index is -0.234. The number of rotatable bonds is 7. The van der Waals surface area contributed by atoms with Gasteiger partial charge >= 0.3 is 11.9 Å². The normalized spacial score (nSPS) is 10.1. The maximum atomic E-state index is 11.1. The molecule has 0 bridgehead atoms. The molecule has 5 nitrogen and oxygen atoms in total. The van der Waals surface area contributed by atoms with Crippen LogP contribution in [0.2, 0.25) is 0 Å². The van der Waals surface area contributed by atoms with Crippen molar-refractivity contribution in [1.29, 1.82) is 0 Å². The van der Waals surface area contributed by atoms with Gasteiger partial charge in [0.05, 0.1) is 27.1 Å². The van der Waals surface area contributed by atoms with E-state index in [-0.39, 0.29) is 11.9 Å². The van der Waals surface area contributed by atoms with Gasteiger partial charge in [0.25, 0.3) is 0 Å². The van der Waals surface area contributed by atoms with E-state index in [1.165, 1.54) is 14.2 Å². The molecule has 1 aromatic rings. The molecule has 1 aromatic heterocycles. The molecule has 0 spiro atoms. The molecule has 1 heterocycles. The van der Waals surface area contributed by atoms with Crippen LogP contribution in [0, 0.1) is 0 Å². The van der Waals surface area contributed by atoms with Gasteiger partial charge in [0.2, 0.25) is 0 Å². The zero-order chi connectivity index (χ0) is 13.4. The third-order valence-corrected chi connectivity index (χ3v) is 3.38. The molecule has 0 aromatic carbocycles. The lowest BCUT2D eigenvalue weighted by Gasteiger charge is -2.01. The molecule has 0 aliphatic rings. The fourth-order valence-corrected chi connectivity index (χ4v) is 2.30. The second-order valence-electron chi connectivity index (χ2n) is 3.62. The quantitative estimate of drug-likeness (QED) is 0.594. The van der Waals surface area contributed by atoms with Gasteiger partial charge in [0, 0.05) is 22.8 Å². The fraction of sp³-hybridized carbons (Fsp3) is 0.500. The van der Waals surface area contributed by atoms with Crippen molar-refractivity contribution in [3.05, 3.63) is 21.9 Å². The van der Waals surface area contributed by atoms with Crippen LogP contribution in [0.5, 0.6) is 0 Å². The summed E-state index contributed by atoms with van der Waals surface area (Å²) in [5.41, 5.74) is 0. The maximum absolute atomic E-state index is 11.1. The third-order valence-electron chi connectivity index (χ3n) is 2.30. The summed E-state index contributed by atoms with van der Waals surface area (Å²) in [6, 6.07) is 3.88. The fourth-order valence-electron chi connectivity index (χ4n) is 1.33. The Hall–Kier alpha value is -1.40. The molecule has 0 amide bonds. The molecule has 1 N–H and O–H groups in total. The number of nitrogens with one attached hydrogen (secondary N) is 1. The molecule has 0 unspecified atom stereocenters. The lowest BCUT2D eigenvalue weighted by molar-refractivity contribution is -0.141. The highest BCUT2D eigenvalue weighted by atomic mass is 32.1. The number of methoxy groups -OCH3 is 2. The number of carbonyl (C=O) groups is 2. The smallest absolute Gasteiger partial charge is 0.310 e. The monoisotopic (exact) mass is 271 g/mol. The van der Waals surface area contributed by atoms with Crippen molar-refractivity contribution in [3.8, 4) is 0 Å². The van der Waals surface area contributed by atoms with Gasteiger partial charge < -0.3 is 14.8 Å². The lowest BCUT2D eigenvalue weighted by atomic mass is 10.3. The number of ether oxygens (including phenoxy) is 2. The summed E-state index contributed by atoms with van der Waals surface area (Å²) in [7, 11) is 2.76. The van der Waals surface area contributed by atoms with Crippen molar-refractivity contribution < 1.29 is 19.1 Å². The SMILES string of the molecule is COC(=O)CCNCc1ccc(CC(=O)OC)s1. The standard InChI is InChI=1S/C12H17NO4S/c1-16-11(14)5-6-13-8-10-4-3-9(18-10)7-12(15)17-2/h3-4,13H,5-8H2,1-2H3. The highest BCUT2D eigenvalue weighted by Gasteiger charge is 2.06. The van der Waals surface area contributed by atoms with Gasteiger partial charge in [0.15, 0.2) is 0 Å². The molecule has 100 valence electrons. The van der Waals surface area contributed by atoms with Crippen molar-refractivity contribution in [1.82, 2.24) is 5.32 Å². The van der Waals surface area contributed by atoms with E-state index >= 15 is 0 Å². The van der Waals surface area contributed by atoms with Crippen LogP contribution in [0.3, 0.4) is 0 Å². The van der Waals surface area contributed by atoms with E-state index in [1.807, 2.05) is 12.1 Å². The van der Waals surface area contributed by atoms with Crippen molar-refractivity contribution in [3.63, 3.8) is 0 Å². The van der Waals surface area contributed by atoms with Gasteiger partial charge in [-0.15, -0.1) is 11.3 Å². The Morgan fingerprint density at radius 3 is 2.50 bits per heavy atom. The van der Waals surface area contributed by atoms with Crippen molar-refractivity contribution in [2.24, 2.45) is 0 Å². The first-order valence-electron chi connectivity index (χ1n) is 5.57. The molecular weight excluding hydrogens is 254 g/mol. The largest absolute Gasteiger partial charge is 0.469 e. The van der Waals surface area contributed by atoms with Gasteiger partial charge in [-0.25, -0.2) is 0 Å². The Morgan fingerprint density at radius 2 is 1.83 bits per heavy atom. The predicted octanol–water partition coefficient (Wildman–Crippen LogP) is 1.12. The highest BCUT2D eigenvalue weighted by molar-refractivity contribution is 7.12. The van der Waals surface area contributed by atoms with Crippen LogP contribution in [0.25, 0.3) is 0 Å². The van der Waals surface area contributed by atoms with Crippen LogP contribution in [-0.4, -0.2) is 32.7 Å². The molecule has 0 saturated heterocycles. The Morgan fingerprint density at radius 1 is 1.17 bits per heavy atom. The zero-order valence-electron chi connectivity index (χ0n) is 10.5.